The molecule has 0 bridgehead atoms. The highest BCUT2D eigenvalue weighted by molar-refractivity contribution is 6.19. The number of para-hydroxylation sites is 6. The normalized spacial score (nSPS) is 11.9. The van der Waals surface area contributed by atoms with Crippen molar-refractivity contribution in [2.45, 2.75) is 13.8 Å². The van der Waals surface area contributed by atoms with E-state index in [4.69, 9.17) is 18.8 Å². The summed E-state index contributed by atoms with van der Waals surface area (Å²) in [4.78, 5) is 11.3. The zero-order valence-corrected chi connectivity index (χ0v) is 46.0. The van der Waals surface area contributed by atoms with Crippen LogP contribution in [0.2, 0.25) is 0 Å². The summed E-state index contributed by atoms with van der Waals surface area (Å²) in [6.45, 7) is 4.17. The number of fused-ring (bicyclic) bond motifs is 12. The van der Waals surface area contributed by atoms with Crippen molar-refractivity contribution in [3.63, 3.8) is 0 Å². The highest BCUT2D eigenvalue weighted by Crippen LogP contribution is 2.53. The van der Waals surface area contributed by atoms with Crippen molar-refractivity contribution in [2.75, 3.05) is 0 Å². The number of pyridine rings is 2. The number of aromatic nitrogens is 4. The van der Waals surface area contributed by atoms with Crippen LogP contribution in [0.3, 0.4) is 0 Å². The Morgan fingerprint density at radius 1 is 0.286 bits per heavy atom. The van der Waals surface area contributed by atoms with Crippen molar-refractivity contribution in [2.24, 2.45) is 0 Å². The van der Waals surface area contributed by atoms with Gasteiger partial charge in [-0.3, -0.25) is 9.55 Å². The van der Waals surface area contributed by atoms with Crippen LogP contribution in [0.15, 0.2) is 276 Å². The SMILES string of the molecule is Cc1cc(-c2ccccc2-c2c(-c3cccc4c3oc3ccccc34)c(-n3c4ccccc4c4cc(-c5ccccc5)ccc43)nc(-c3cccc4c3oc3ccccc34)c2-n2c3ccccc3c3cc(-c4ccccc4)ccc32)cc(C)n1. The van der Waals surface area contributed by atoms with Gasteiger partial charge in [0.25, 0.3) is 0 Å². The lowest BCUT2D eigenvalue weighted by Gasteiger charge is -2.26. The Hall–Kier alpha value is -11.1. The van der Waals surface area contributed by atoms with E-state index in [0.717, 1.165) is 177 Å². The van der Waals surface area contributed by atoms with E-state index in [9.17, 15) is 0 Å². The minimum absolute atomic E-state index is 0.743. The van der Waals surface area contributed by atoms with Crippen LogP contribution in [0.25, 0.3) is 166 Å². The van der Waals surface area contributed by atoms with E-state index >= 15 is 0 Å². The van der Waals surface area contributed by atoms with Gasteiger partial charge >= 0.3 is 0 Å². The number of rotatable bonds is 8. The molecule has 17 aromatic rings. The molecular formula is C78H50N4O2. The molecule has 0 saturated carbocycles. The fraction of sp³-hybridized carbons (Fsp3) is 0.0256. The summed E-state index contributed by atoms with van der Waals surface area (Å²) in [5.41, 5.74) is 22.2. The van der Waals surface area contributed by atoms with Crippen LogP contribution in [0.4, 0.5) is 0 Å². The van der Waals surface area contributed by atoms with Gasteiger partial charge in [0.05, 0.1) is 27.8 Å². The van der Waals surface area contributed by atoms with Crippen molar-refractivity contribution >= 4 is 87.5 Å². The molecule has 0 amide bonds. The third-order valence-electron chi connectivity index (χ3n) is 17.1. The van der Waals surface area contributed by atoms with Gasteiger partial charge in [0.2, 0.25) is 0 Å². The monoisotopic (exact) mass is 1070 g/mol. The maximum atomic E-state index is 7.25. The molecule has 6 nitrogen and oxygen atoms in total. The summed E-state index contributed by atoms with van der Waals surface area (Å²) in [5, 5.41) is 8.61. The number of furan rings is 2. The minimum atomic E-state index is 0.743. The summed E-state index contributed by atoms with van der Waals surface area (Å²) in [5.74, 6) is 0.743. The molecule has 11 aromatic carbocycles. The fourth-order valence-corrected chi connectivity index (χ4v) is 13.5. The van der Waals surface area contributed by atoms with E-state index in [-0.39, 0.29) is 0 Å². The first-order valence-corrected chi connectivity index (χ1v) is 28.6. The van der Waals surface area contributed by atoms with Crippen molar-refractivity contribution in [1.82, 2.24) is 19.1 Å². The fourth-order valence-electron chi connectivity index (χ4n) is 13.5. The third-order valence-corrected chi connectivity index (χ3v) is 17.1. The molecule has 0 atom stereocenters. The largest absolute Gasteiger partial charge is 0.455 e. The molecule has 0 radical (unpaired) electrons. The molecule has 6 heteroatoms. The summed E-state index contributed by atoms with van der Waals surface area (Å²) < 4.78 is 19.3. The molecule has 0 aliphatic rings. The maximum absolute atomic E-state index is 7.25. The Bertz CT molecular complexity index is 5510. The second kappa shape index (κ2) is 18.7. The van der Waals surface area contributed by atoms with Gasteiger partial charge in [-0.15, -0.1) is 0 Å². The second-order valence-electron chi connectivity index (χ2n) is 22.0. The molecule has 6 aromatic heterocycles. The van der Waals surface area contributed by atoms with E-state index in [0.29, 0.717) is 0 Å². The van der Waals surface area contributed by atoms with Gasteiger partial charge in [0.15, 0.2) is 0 Å². The van der Waals surface area contributed by atoms with Crippen LogP contribution >= 0.6 is 0 Å². The Morgan fingerprint density at radius 2 is 0.726 bits per heavy atom. The molecular weight excluding hydrogens is 1020 g/mol. The van der Waals surface area contributed by atoms with Gasteiger partial charge in [-0.25, -0.2) is 4.98 Å². The highest BCUT2D eigenvalue weighted by atomic mass is 16.3. The Labute approximate surface area is 483 Å². The van der Waals surface area contributed by atoms with E-state index in [1.54, 1.807) is 0 Å². The molecule has 0 aliphatic heterocycles. The van der Waals surface area contributed by atoms with Gasteiger partial charge in [-0.1, -0.05) is 200 Å². The molecule has 0 saturated heterocycles. The average molecular weight is 1080 g/mol. The van der Waals surface area contributed by atoms with E-state index in [1.807, 2.05) is 6.07 Å². The van der Waals surface area contributed by atoms with Gasteiger partial charge in [-0.2, -0.15) is 0 Å². The lowest BCUT2D eigenvalue weighted by Crippen LogP contribution is -2.11. The first kappa shape index (κ1) is 47.7. The Morgan fingerprint density at radius 3 is 1.32 bits per heavy atom. The second-order valence-corrected chi connectivity index (χ2v) is 22.0. The van der Waals surface area contributed by atoms with Crippen LogP contribution < -0.4 is 0 Å². The molecule has 84 heavy (non-hydrogen) atoms. The minimum Gasteiger partial charge on any atom is -0.455 e. The first-order valence-electron chi connectivity index (χ1n) is 28.6. The average Bonchev–Trinajstić information content (AvgIpc) is 2.60. The van der Waals surface area contributed by atoms with E-state index in [2.05, 4.69) is 284 Å². The zero-order chi connectivity index (χ0) is 55.6. The van der Waals surface area contributed by atoms with Crippen LogP contribution in [-0.2, 0) is 0 Å². The summed E-state index contributed by atoms with van der Waals surface area (Å²) in [6.07, 6.45) is 0. The third kappa shape index (κ3) is 7.30. The van der Waals surface area contributed by atoms with Crippen molar-refractivity contribution in [3.8, 4) is 78.4 Å². The van der Waals surface area contributed by atoms with Crippen LogP contribution in [0.5, 0.6) is 0 Å². The smallest absolute Gasteiger partial charge is 0.147 e. The predicted octanol–water partition coefficient (Wildman–Crippen LogP) is 21.1. The van der Waals surface area contributed by atoms with Gasteiger partial charge in [0, 0.05) is 76.7 Å². The quantitative estimate of drug-likeness (QED) is 0.152. The summed E-state index contributed by atoms with van der Waals surface area (Å²) in [7, 11) is 0. The molecule has 6 heterocycles. The van der Waals surface area contributed by atoms with Gasteiger partial charge in [-0.05, 0) is 120 Å². The molecule has 0 spiro atoms. The molecule has 0 N–H and O–H groups in total. The molecule has 0 aliphatic carbocycles. The van der Waals surface area contributed by atoms with E-state index < -0.39 is 0 Å². The summed E-state index contributed by atoms with van der Waals surface area (Å²) >= 11 is 0. The lowest BCUT2D eigenvalue weighted by molar-refractivity contribution is 0.669. The van der Waals surface area contributed by atoms with Gasteiger partial charge in [0.1, 0.15) is 33.8 Å². The Balaban J connectivity index is 1.14. The standard InChI is InChI=1S/C78H50N4O2/c1-47-43-53(44-48(2)79-47)54-25-9-10-30-59(54)72-73(62-33-19-31-60-57-28-13-17-37-70(57)83-76(60)62)78(82-67-36-16-12-27-56(67)65-46-52(40-42-69(65)82)50-23-7-4-8-24-50)80-74(63-34-20-32-61-58-29-14-18-38-71(58)84-77(61)63)75(72)81-66-35-15-11-26-55(66)64-45-51(39-41-68(64)81)49-21-5-3-6-22-49/h3-46H,1-2H3. The Kier molecular flexibility index (Phi) is 10.6. The maximum Gasteiger partial charge on any atom is 0.147 e. The van der Waals surface area contributed by atoms with Crippen LogP contribution in [0, 0.1) is 13.8 Å². The lowest BCUT2D eigenvalue weighted by atomic mass is 9.86. The van der Waals surface area contributed by atoms with Crippen molar-refractivity contribution < 1.29 is 8.83 Å². The topological polar surface area (TPSA) is 61.9 Å². The van der Waals surface area contributed by atoms with Crippen molar-refractivity contribution in [3.05, 3.63) is 278 Å². The summed E-state index contributed by atoms with van der Waals surface area (Å²) in [6, 6.07) is 96.0. The number of hydrogen-bond donors (Lipinski definition) is 0. The highest BCUT2D eigenvalue weighted by Gasteiger charge is 2.33. The van der Waals surface area contributed by atoms with E-state index in [1.165, 1.54) is 0 Å². The van der Waals surface area contributed by atoms with Crippen LogP contribution in [0.1, 0.15) is 11.4 Å². The van der Waals surface area contributed by atoms with Crippen LogP contribution in [-0.4, -0.2) is 19.1 Å². The van der Waals surface area contributed by atoms with Gasteiger partial charge < -0.3 is 13.4 Å². The van der Waals surface area contributed by atoms with Crippen molar-refractivity contribution in [1.29, 1.82) is 0 Å². The zero-order valence-electron chi connectivity index (χ0n) is 46.0. The molecule has 17 rings (SSSR count). The molecule has 394 valence electrons. The number of nitrogens with zero attached hydrogens (tertiary/aromatic N) is 4. The molecule has 0 fully saturated rings. The first-order chi connectivity index (χ1) is 41.5. The molecule has 0 unspecified atom stereocenters. The number of benzene rings is 11. The predicted molar refractivity (Wildman–Crippen MR) is 347 cm³/mol. The number of aryl methyl sites for hydroxylation is 2. The number of hydrogen-bond acceptors (Lipinski definition) is 4.